The third kappa shape index (κ3) is 2.93. The van der Waals surface area contributed by atoms with Crippen LogP contribution < -0.4 is 5.56 Å². The Morgan fingerprint density at radius 3 is 2.31 bits per heavy atom. The fourth-order valence-corrected chi connectivity index (χ4v) is 3.54. The van der Waals surface area contributed by atoms with Gasteiger partial charge < -0.3 is 0 Å². The fourth-order valence-electron chi connectivity index (χ4n) is 3.54. The van der Waals surface area contributed by atoms with Crippen molar-refractivity contribution in [2.75, 3.05) is 0 Å². The van der Waals surface area contributed by atoms with Crippen molar-refractivity contribution in [2.45, 2.75) is 6.92 Å². The van der Waals surface area contributed by atoms with Crippen molar-refractivity contribution < 1.29 is 0 Å². The smallest absolute Gasteiger partial charge is 0.267 e. The van der Waals surface area contributed by atoms with E-state index in [9.17, 15) is 4.79 Å². The molecular weight excluding hydrogens is 360 g/mol. The van der Waals surface area contributed by atoms with Crippen LogP contribution in [-0.2, 0) is 0 Å². The van der Waals surface area contributed by atoms with E-state index in [1.807, 2.05) is 102 Å². The fraction of sp³-hybridized carbons (Fsp3) is 0.0417. The van der Waals surface area contributed by atoms with Crippen LogP contribution in [-0.4, -0.2) is 19.2 Å². The minimum atomic E-state index is -0.103. The molecular formula is C24H18N4O. The maximum absolute atomic E-state index is 13.3. The molecule has 0 aliphatic heterocycles. The number of aryl methyl sites for hydroxylation is 1. The van der Waals surface area contributed by atoms with Gasteiger partial charge in [-0.2, -0.15) is 0 Å². The molecule has 0 saturated heterocycles. The number of benzene rings is 3. The molecule has 5 nitrogen and oxygen atoms in total. The van der Waals surface area contributed by atoms with Crippen molar-refractivity contribution in [1.82, 2.24) is 19.2 Å². The van der Waals surface area contributed by atoms with Gasteiger partial charge in [0.25, 0.3) is 5.56 Å². The lowest BCUT2D eigenvalue weighted by Gasteiger charge is -2.11. The molecule has 2 aromatic heterocycles. The molecule has 5 rings (SSSR count). The van der Waals surface area contributed by atoms with Crippen LogP contribution in [0.15, 0.2) is 83.7 Å². The maximum Gasteiger partial charge on any atom is 0.267 e. The number of fused-ring (bicyclic) bond motifs is 3. The van der Waals surface area contributed by atoms with Gasteiger partial charge in [0, 0.05) is 0 Å². The lowest BCUT2D eigenvalue weighted by atomic mass is 10.1. The number of rotatable bonds is 3. The molecule has 5 aromatic rings. The third-order valence-electron chi connectivity index (χ3n) is 4.94. The Morgan fingerprint density at radius 1 is 0.828 bits per heavy atom. The van der Waals surface area contributed by atoms with Crippen molar-refractivity contribution in [1.29, 1.82) is 0 Å². The zero-order valence-corrected chi connectivity index (χ0v) is 15.9. The highest BCUT2D eigenvalue weighted by Crippen LogP contribution is 2.20. The van der Waals surface area contributed by atoms with Gasteiger partial charge in [0.15, 0.2) is 5.82 Å². The highest BCUT2D eigenvalue weighted by atomic mass is 16.1. The average Bonchev–Trinajstić information content (AvgIpc) is 3.17. The summed E-state index contributed by atoms with van der Waals surface area (Å²) >= 11 is 0. The highest BCUT2D eigenvalue weighted by Gasteiger charge is 2.16. The van der Waals surface area contributed by atoms with E-state index in [1.54, 1.807) is 4.57 Å². The van der Waals surface area contributed by atoms with E-state index >= 15 is 0 Å². The molecule has 5 heteroatoms. The third-order valence-corrected chi connectivity index (χ3v) is 4.94. The zero-order valence-electron chi connectivity index (χ0n) is 15.9. The number of aromatic nitrogens is 4. The molecule has 0 amide bonds. The van der Waals surface area contributed by atoms with Crippen LogP contribution in [0.5, 0.6) is 0 Å². The van der Waals surface area contributed by atoms with Gasteiger partial charge in [0.1, 0.15) is 0 Å². The van der Waals surface area contributed by atoms with E-state index in [-0.39, 0.29) is 5.56 Å². The summed E-state index contributed by atoms with van der Waals surface area (Å²) in [5, 5.41) is 9.38. The molecule has 0 unspecified atom stereocenters. The van der Waals surface area contributed by atoms with E-state index in [1.165, 1.54) is 0 Å². The molecule has 3 aromatic carbocycles. The van der Waals surface area contributed by atoms with Crippen molar-refractivity contribution in [2.24, 2.45) is 0 Å². The van der Waals surface area contributed by atoms with Gasteiger partial charge >= 0.3 is 0 Å². The Balaban J connectivity index is 1.84. The predicted molar refractivity (Wildman–Crippen MR) is 116 cm³/mol. The summed E-state index contributed by atoms with van der Waals surface area (Å²) in [6.45, 7) is 1.98. The summed E-state index contributed by atoms with van der Waals surface area (Å²) in [6, 6.07) is 25.4. The van der Waals surface area contributed by atoms with Gasteiger partial charge in [0.05, 0.1) is 16.6 Å². The summed E-state index contributed by atoms with van der Waals surface area (Å²) < 4.78 is 3.55. The lowest BCUT2D eigenvalue weighted by Crippen LogP contribution is -2.22. The van der Waals surface area contributed by atoms with Crippen molar-refractivity contribution >= 4 is 28.8 Å². The summed E-state index contributed by atoms with van der Waals surface area (Å²) in [5.74, 6) is 1.16. The first-order chi connectivity index (χ1) is 14.2. The first kappa shape index (κ1) is 17.1. The quantitative estimate of drug-likeness (QED) is 0.464. The largest absolute Gasteiger partial charge is 0.268 e. The monoisotopic (exact) mass is 378 g/mol. The Kier molecular flexibility index (Phi) is 4.06. The van der Waals surface area contributed by atoms with Crippen LogP contribution in [0.25, 0.3) is 34.5 Å². The number of hydrogen-bond donors (Lipinski definition) is 0. The van der Waals surface area contributed by atoms with Crippen LogP contribution in [0.2, 0.25) is 0 Å². The standard InChI is InChI=1S/C24H18N4O/c1-17-12-14-21-20(16-17)23(29)27(19-10-6-3-7-11-19)24-26-25-22(28(21)24)15-13-18-8-4-2-5-9-18/h2-16H,1H3/b15-13+. The molecule has 0 atom stereocenters. The van der Waals surface area contributed by atoms with Gasteiger partial charge in [-0.25, -0.2) is 4.57 Å². The van der Waals surface area contributed by atoms with Gasteiger partial charge in [-0.05, 0) is 42.8 Å². The SMILES string of the molecule is Cc1ccc2c(c1)c(=O)n(-c1ccccc1)c1nnc(/C=C/c3ccccc3)n21. The molecule has 0 bridgehead atoms. The van der Waals surface area contributed by atoms with Gasteiger partial charge in [-0.3, -0.25) is 9.20 Å². The molecule has 0 N–H and O–H groups in total. The maximum atomic E-state index is 13.3. The Labute approximate surface area is 167 Å². The lowest BCUT2D eigenvalue weighted by molar-refractivity contribution is 0.966. The number of para-hydroxylation sites is 1. The minimum absolute atomic E-state index is 0.103. The first-order valence-corrected chi connectivity index (χ1v) is 9.41. The summed E-state index contributed by atoms with van der Waals surface area (Å²) in [4.78, 5) is 13.3. The summed E-state index contributed by atoms with van der Waals surface area (Å²) in [5.41, 5.74) is 3.55. The second-order valence-electron chi connectivity index (χ2n) is 6.93. The first-order valence-electron chi connectivity index (χ1n) is 9.41. The molecule has 29 heavy (non-hydrogen) atoms. The molecule has 0 spiro atoms. The average molecular weight is 378 g/mol. The number of hydrogen-bond acceptors (Lipinski definition) is 3. The van der Waals surface area contributed by atoms with E-state index in [0.29, 0.717) is 17.0 Å². The second kappa shape index (κ2) is 6.87. The minimum Gasteiger partial charge on any atom is -0.268 e. The van der Waals surface area contributed by atoms with E-state index in [2.05, 4.69) is 10.2 Å². The Bertz CT molecular complexity index is 1410. The predicted octanol–water partition coefficient (Wildman–Crippen LogP) is 4.51. The normalized spacial score (nSPS) is 11.6. The van der Waals surface area contributed by atoms with Crippen LogP contribution >= 0.6 is 0 Å². The second-order valence-corrected chi connectivity index (χ2v) is 6.93. The molecule has 0 fully saturated rings. The van der Waals surface area contributed by atoms with Gasteiger partial charge in [-0.15, -0.1) is 10.2 Å². The van der Waals surface area contributed by atoms with Crippen LogP contribution in [0, 0.1) is 6.92 Å². The van der Waals surface area contributed by atoms with Crippen molar-refractivity contribution in [3.63, 3.8) is 0 Å². The van der Waals surface area contributed by atoms with Crippen LogP contribution in [0.4, 0.5) is 0 Å². The summed E-state index contributed by atoms with van der Waals surface area (Å²) in [7, 11) is 0. The Hall–Kier alpha value is -3.99. The van der Waals surface area contributed by atoms with E-state index in [0.717, 1.165) is 22.3 Å². The van der Waals surface area contributed by atoms with Crippen molar-refractivity contribution in [3.8, 4) is 5.69 Å². The molecule has 0 radical (unpaired) electrons. The zero-order chi connectivity index (χ0) is 19.8. The molecule has 0 aliphatic rings. The van der Waals surface area contributed by atoms with Gasteiger partial charge in [0.2, 0.25) is 5.78 Å². The molecule has 0 aliphatic carbocycles. The van der Waals surface area contributed by atoms with E-state index < -0.39 is 0 Å². The summed E-state index contributed by atoms with van der Waals surface area (Å²) in [6.07, 6.45) is 3.92. The van der Waals surface area contributed by atoms with Crippen LogP contribution in [0.3, 0.4) is 0 Å². The van der Waals surface area contributed by atoms with Crippen LogP contribution in [0.1, 0.15) is 17.0 Å². The topological polar surface area (TPSA) is 52.2 Å². The van der Waals surface area contributed by atoms with Crippen molar-refractivity contribution in [3.05, 3.63) is 106 Å². The Morgan fingerprint density at radius 2 is 1.55 bits per heavy atom. The van der Waals surface area contributed by atoms with Gasteiger partial charge in [-0.1, -0.05) is 66.2 Å². The number of nitrogens with zero attached hydrogens (tertiary/aromatic N) is 4. The van der Waals surface area contributed by atoms with E-state index in [4.69, 9.17) is 0 Å². The molecule has 140 valence electrons. The highest BCUT2D eigenvalue weighted by molar-refractivity contribution is 5.83. The molecule has 2 heterocycles. The molecule has 0 saturated carbocycles.